The van der Waals surface area contributed by atoms with Crippen molar-refractivity contribution in [2.24, 2.45) is 0 Å². The second-order valence-electron chi connectivity index (χ2n) is 5.82. The average Bonchev–Trinajstić information content (AvgIpc) is 3.19. The summed E-state index contributed by atoms with van der Waals surface area (Å²) in [4.78, 5) is 12.6. The molecule has 1 amide bonds. The van der Waals surface area contributed by atoms with Crippen molar-refractivity contribution in [1.82, 2.24) is 9.78 Å². The van der Waals surface area contributed by atoms with Crippen molar-refractivity contribution in [3.8, 4) is 11.5 Å². The van der Waals surface area contributed by atoms with Gasteiger partial charge in [-0.1, -0.05) is 24.8 Å². The van der Waals surface area contributed by atoms with E-state index in [1.165, 1.54) is 7.11 Å². The number of ether oxygens (including phenoxy) is 2. The standard InChI is InChI=1S/C21H21N3O3/c1-3-12-27-19-9-8-17(14-20(19)26-2)21(25)23-18-7-4-6-16(13-18)15-24-11-5-10-22-24/h3-11,13-14H,1,12,15H2,2H3,(H,23,25). The number of nitrogens with one attached hydrogen (secondary N) is 1. The molecule has 0 saturated heterocycles. The number of aromatic nitrogens is 2. The Balaban J connectivity index is 1.72. The van der Waals surface area contributed by atoms with Gasteiger partial charge in [0.2, 0.25) is 0 Å². The van der Waals surface area contributed by atoms with Crippen molar-refractivity contribution in [1.29, 1.82) is 0 Å². The summed E-state index contributed by atoms with van der Waals surface area (Å²) in [6, 6.07) is 14.6. The highest BCUT2D eigenvalue weighted by molar-refractivity contribution is 6.04. The molecule has 1 N–H and O–H groups in total. The Kier molecular flexibility index (Phi) is 5.89. The lowest BCUT2D eigenvalue weighted by molar-refractivity contribution is 0.102. The van der Waals surface area contributed by atoms with Crippen LogP contribution in [0.5, 0.6) is 11.5 Å². The van der Waals surface area contributed by atoms with Gasteiger partial charge in [-0.3, -0.25) is 9.48 Å². The van der Waals surface area contributed by atoms with Gasteiger partial charge in [0, 0.05) is 23.6 Å². The maximum absolute atomic E-state index is 12.6. The van der Waals surface area contributed by atoms with E-state index < -0.39 is 0 Å². The Labute approximate surface area is 158 Å². The molecule has 1 heterocycles. The lowest BCUT2D eigenvalue weighted by atomic mass is 10.1. The molecule has 0 fully saturated rings. The van der Waals surface area contributed by atoms with Crippen LogP contribution in [0.1, 0.15) is 15.9 Å². The van der Waals surface area contributed by atoms with Crippen LogP contribution in [-0.4, -0.2) is 29.4 Å². The number of nitrogens with zero attached hydrogens (tertiary/aromatic N) is 2. The zero-order valence-electron chi connectivity index (χ0n) is 15.1. The van der Waals surface area contributed by atoms with Gasteiger partial charge in [0.25, 0.3) is 5.91 Å². The van der Waals surface area contributed by atoms with E-state index in [9.17, 15) is 4.79 Å². The molecule has 6 heteroatoms. The van der Waals surface area contributed by atoms with Crippen LogP contribution in [0, 0.1) is 0 Å². The van der Waals surface area contributed by atoms with Crippen molar-refractivity contribution < 1.29 is 14.3 Å². The summed E-state index contributed by atoms with van der Waals surface area (Å²) in [6.07, 6.45) is 5.28. The minimum atomic E-state index is -0.222. The van der Waals surface area contributed by atoms with E-state index in [1.807, 2.05) is 41.2 Å². The normalized spacial score (nSPS) is 10.3. The van der Waals surface area contributed by atoms with E-state index in [4.69, 9.17) is 9.47 Å². The highest BCUT2D eigenvalue weighted by atomic mass is 16.5. The average molecular weight is 363 g/mol. The monoisotopic (exact) mass is 363 g/mol. The molecular formula is C21H21N3O3. The minimum Gasteiger partial charge on any atom is -0.493 e. The van der Waals surface area contributed by atoms with Gasteiger partial charge in [-0.15, -0.1) is 0 Å². The Hall–Kier alpha value is -3.54. The third-order valence-corrected chi connectivity index (χ3v) is 3.87. The summed E-state index contributed by atoms with van der Waals surface area (Å²) < 4.78 is 12.7. The molecule has 0 spiro atoms. The van der Waals surface area contributed by atoms with Crippen molar-refractivity contribution in [2.75, 3.05) is 19.0 Å². The molecule has 0 saturated carbocycles. The second kappa shape index (κ2) is 8.71. The quantitative estimate of drug-likeness (QED) is 0.619. The van der Waals surface area contributed by atoms with Gasteiger partial charge in [0.1, 0.15) is 6.61 Å². The molecule has 0 radical (unpaired) electrons. The number of hydrogen-bond donors (Lipinski definition) is 1. The van der Waals surface area contributed by atoms with E-state index in [-0.39, 0.29) is 5.91 Å². The van der Waals surface area contributed by atoms with Gasteiger partial charge in [-0.05, 0) is 42.0 Å². The topological polar surface area (TPSA) is 65.4 Å². The van der Waals surface area contributed by atoms with Crippen LogP contribution < -0.4 is 14.8 Å². The summed E-state index contributed by atoms with van der Waals surface area (Å²) >= 11 is 0. The molecule has 6 nitrogen and oxygen atoms in total. The molecule has 3 rings (SSSR count). The molecule has 3 aromatic rings. The summed E-state index contributed by atoms with van der Waals surface area (Å²) in [7, 11) is 1.54. The van der Waals surface area contributed by atoms with Gasteiger partial charge in [-0.2, -0.15) is 5.10 Å². The van der Waals surface area contributed by atoms with E-state index in [0.29, 0.717) is 30.2 Å². The van der Waals surface area contributed by atoms with E-state index in [0.717, 1.165) is 11.3 Å². The highest BCUT2D eigenvalue weighted by Gasteiger charge is 2.11. The first-order valence-electron chi connectivity index (χ1n) is 8.49. The van der Waals surface area contributed by atoms with Crippen LogP contribution in [-0.2, 0) is 6.54 Å². The fraction of sp³-hybridized carbons (Fsp3) is 0.143. The number of carbonyl (C=O) groups excluding carboxylic acids is 1. The Bertz CT molecular complexity index is 920. The predicted molar refractivity (Wildman–Crippen MR) is 104 cm³/mol. The SMILES string of the molecule is C=CCOc1ccc(C(=O)Nc2cccc(Cn3cccn3)c2)cc1OC. The molecule has 0 aliphatic heterocycles. The first-order valence-corrected chi connectivity index (χ1v) is 8.49. The Morgan fingerprint density at radius 1 is 1.22 bits per heavy atom. The highest BCUT2D eigenvalue weighted by Crippen LogP contribution is 2.28. The van der Waals surface area contributed by atoms with E-state index in [2.05, 4.69) is 17.0 Å². The minimum absolute atomic E-state index is 0.222. The van der Waals surface area contributed by atoms with Crippen molar-refractivity contribution >= 4 is 11.6 Å². The number of methoxy groups -OCH3 is 1. The Morgan fingerprint density at radius 3 is 2.85 bits per heavy atom. The van der Waals surface area contributed by atoms with Crippen molar-refractivity contribution in [2.45, 2.75) is 6.54 Å². The smallest absolute Gasteiger partial charge is 0.255 e. The lowest BCUT2D eigenvalue weighted by Crippen LogP contribution is -2.12. The summed E-state index contributed by atoms with van der Waals surface area (Å²) in [5.74, 6) is 0.840. The number of carbonyl (C=O) groups is 1. The molecule has 138 valence electrons. The predicted octanol–water partition coefficient (Wildman–Crippen LogP) is 3.76. The lowest BCUT2D eigenvalue weighted by Gasteiger charge is -2.12. The molecule has 2 aromatic carbocycles. The molecule has 0 bridgehead atoms. The summed E-state index contributed by atoms with van der Waals surface area (Å²) in [6.45, 7) is 4.62. The molecular weight excluding hydrogens is 342 g/mol. The summed E-state index contributed by atoms with van der Waals surface area (Å²) in [5.41, 5.74) is 2.24. The van der Waals surface area contributed by atoms with Crippen LogP contribution in [0.2, 0.25) is 0 Å². The van der Waals surface area contributed by atoms with Crippen LogP contribution >= 0.6 is 0 Å². The van der Waals surface area contributed by atoms with Gasteiger partial charge in [-0.25, -0.2) is 0 Å². The molecule has 1 aromatic heterocycles. The molecule has 0 aliphatic rings. The second-order valence-corrected chi connectivity index (χ2v) is 5.82. The van der Waals surface area contributed by atoms with Gasteiger partial charge >= 0.3 is 0 Å². The van der Waals surface area contributed by atoms with Gasteiger partial charge in [0.15, 0.2) is 11.5 Å². The third kappa shape index (κ3) is 4.76. The maximum atomic E-state index is 12.6. The molecule has 0 atom stereocenters. The van der Waals surface area contributed by atoms with Crippen molar-refractivity contribution in [3.05, 3.63) is 84.7 Å². The molecule has 0 aliphatic carbocycles. The number of anilines is 1. The zero-order chi connectivity index (χ0) is 19.1. The third-order valence-electron chi connectivity index (χ3n) is 3.87. The van der Waals surface area contributed by atoms with Gasteiger partial charge < -0.3 is 14.8 Å². The maximum Gasteiger partial charge on any atom is 0.255 e. The van der Waals surface area contributed by atoms with Crippen molar-refractivity contribution in [3.63, 3.8) is 0 Å². The summed E-state index contributed by atoms with van der Waals surface area (Å²) in [5, 5.41) is 7.11. The largest absolute Gasteiger partial charge is 0.493 e. The number of benzene rings is 2. The van der Waals surface area contributed by atoms with Crippen LogP contribution in [0.4, 0.5) is 5.69 Å². The van der Waals surface area contributed by atoms with Crippen LogP contribution in [0.15, 0.2) is 73.6 Å². The van der Waals surface area contributed by atoms with E-state index in [1.54, 1.807) is 30.5 Å². The fourth-order valence-electron chi connectivity index (χ4n) is 2.61. The number of amides is 1. The van der Waals surface area contributed by atoms with Gasteiger partial charge in [0.05, 0.1) is 13.7 Å². The number of hydrogen-bond acceptors (Lipinski definition) is 4. The molecule has 0 unspecified atom stereocenters. The Morgan fingerprint density at radius 2 is 2.11 bits per heavy atom. The molecule has 27 heavy (non-hydrogen) atoms. The van der Waals surface area contributed by atoms with Crippen LogP contribution in [0.3, 0.4) is 0 Å². The van der Waals surface area contributed by atoms with Crippen LogP contribution in [0.25, 0.3) is 0 Å². The van der Waals surface area contributed by atoms with E-state index >= 15 is 0 Å². The first kappa shape index (κ1) is 18.3. The zero-order valence-corrected chi connectivity index (χ0v) is 15.1. The number of rotatable bonds is 8. The first-order chi connectivity index (χ1) is 13.2. The fourth-order valence-corrected chi connectivity index (χ4v) is 2.61.